The van der Waals surface area contributed by atoms with Crippen LogP contribution in [0.2, 0.25) is 0 Å². The number of likely N-dealkylation sites (tertiary alicyclic amines) is 1. The second kappa shape index (κ2) is 7.37. The van der Waals surface area contributed by atoms with E-state index in [0.29, 0.717) is 37.0 Å². The van der Waals surface area contributed by atoms with Crippen molar-refractivity contribution in [3.63, 3.8) is 0 Å². The van der Waals surface area contributed by atoms with Crippen LogP contribution in [0.15, 0.2) is 17.3 Å². The molecule has 4 aliphatic rings. The van der Waals surface area contributed by atoms with E-state index in [4.69, 9.17) is 4.74 Å². The number of aromatic nitrogens is 1. The lowest BCUT2D eigenvalue weighted by Crippen LogP contribution is -2.63. The summed E-state index contributed by atoms with van der Waals surface area (Å²) in [5.41, 5.74) is 1.15. The molecule has 2 saturated carbocycles. The monoisotopic (exact) mass is 421 g/mol. The van der Waals surface area contributed by atoms with Crippen molar-refractivity contribution in [1.29, 1.82) is 0 Å². The number of hydrogen-bond acceptors (Lipinski definition) is 7. The van der Waals surface area contributed by atoms with Gasteiger partial charge in [0.05, 0.1) is 23.4 Å². The summed E-state index contributed by atoms with van der Waals surface area (Å²) in [6.07, 6.45) is 8.17. The fourth-order valence-corrected chi connectivity index (χ4v) is 7.27. The molecule has 1 aromatic heterocycles. The van der Waals surface area contributed by atoms with Gasteiger partial charge in [-0.05, 0) is 44.7 Å². The molecule has 0 aromatic carbocycles. The number of nitrogens with zero attached hydrogens (tertiary/aromatic N) is 3. The summed E-state index contributed by atoms with van der Waals surface area (Å²) in [7, 11) is 0.692. The van der Waals surface area contributed by atoms with Gasteiger partial charge in [0.25, 0.3) is 0 Å². The predicted octanol–water partition coefficient (Wildman–Crippen LogP) is 1.26. The summed E-state index contributed by atoms with van der Waals surface area (Å²) < 4.78 is 31.0. The van der Waals surface area contributed by atoms with Crippen molar-refractivity contribution in [1.82, 2.24) is 20.1 Å². The third-order valence-electron chi connectivity index (χ3n) is 7.35. The fourth-order valence-electron chi connectivity index (χ4n) is 5.23. The van der Waals surface area contributed by atoms with Crippen molar-refractivity contribution in [3.8, 4) is 0 Å². The Morgan fingerprint density at radius 3 is 2.69 bits per heavy atom. The number of ether oxygens (including phenoxy) is 1. The molecule has 160 valence electrons. The highest BCUT2D eigenvalue weighted by atomic mass is 32.2. The number of fused-ring (bicyclic) bond motifs is 1. The van der Waals surface area contributed by atoms with E-state index in [1.807, 2.05) is 19.6 Å². The van der Waals surface area contributed by atoms with Crippen LogP contribution in [0, 0.1) is 5.92 Å². The van der Waals surface area contributed by atoms with Gasteiger partial charge in [-0.2, -0.15) is 0 Å². The molecule has 5 rings (SSSR count). The summed E-state index contributed by atoms with van der Waals surface area (Å²) >= 11 is 0. The third kappa shape index (κ3) is 3.41. The fraction of sp³-hybridized carbons (Fsp3) is 0.750. The number of aliphatic imine (C=N–C) groups is 1. The zero-order valence-corrected chi connectivity index (χ0v) is 17.9. The Morgan fingerprint density at radius 1 is 1.24 bits per heavy atom. The minimum absolute atomic E-state index is 0.0925. The molecular weight excluding hydrogens is 390 g/mol. The van der Waals surface area contributed by atoms with Crippen LogP contribution in [-0.2, 0) is 14.6 Å². The standard InChI is InChI=1S/C20H31N5O3S/c1-21-20-18-3-4-22-19(18)23-12-25(20)15-5-13(6-15)11-29(26,27)17-9-24(10-17)14-7-16(8-14)28-2/h3-4,12-17,20-22H,5-11H2,1-2H3. The van der Waals surface area contributed by atoms with Crippen LogP contribution in [0.1, 0.15) is 37.4 Å². The topological polar surface area (TPSA) is 90.0 Å². The molecule has 0 bridgehead atoms. The second-order valence-electron chi connectivity index (χ2n) is 9.04. The first kappa shape index (κ1) is 19.5. The number of sulfone groups is 1. The van der Waals surface area contributed by atoms with E-state index in [2.05, 4.69) is 31.2 Å². The van der Waals surface area contributed by atoms with E-state index in [1.54, 1.807) is 7.11 Å². The average molecular weight is 422 g/mol. The summed E-state index contributed by atoms with van der Waals surface area (Å²) in [4.78, 5) is 12.2. The van der Waals surface area contributed by atoms with Gasteiger partial charge in [-0.3, -0.25) is 10.2 Å². The Morgan fingerprint density at radius 2 is 2.00 bits per heavy atom. The average Bonchev–Trinajstić information content (AvgIpc) is 3.06. The van der Waals surface area contributed by atoms with Gasteiger partial charge in [0.1, 0.15) is 12.0 Å². The van der Waals surface area contributed by atoms with Crippen LogP contribution < -0.4 is 5.32 Å². The zero-order valence-electron chi connectivity index (χ0n) is 17.1. The van der Waals surface area contributed by atoms with Crippen LogP contribution in [0.5, 0.6) is 0 Å². The number of methoxy groups -OCH3 is 1. The molecule has 1 unspecified atom stereocenters. The van der Waals surface area contributed by atoms with Crippen LogP contribution in [0.4, 0.5) is 5.82 Å². The van der Waals surface area contributed by atoms with Gasteiger partial charge in [-0.15, -0.1) is 0 Å². The maximum absolute atomic E-state index is 12.8. The lowest BCUT2D eigenvalue weighted by atomic mass is 9.80. The van der Waals surface area contributed by atoms with Gasteiger partial charge < -0.3 is 14.6 Å². The predicted molar refractivity (Wildman–Crippen MR) is 112 cm³/mol. The van der Waals surface area contributed by atoms with Gasteiger partial charge in [0, 0.05) is 44.0 Å². The molecule has 8 nitrogen and oxygen atoms in total. The van der Waals surface area contributed by atoms with Crippen molar-refractivity contribution in [2.75, 3.05) is 33.0 Å². The highest BCUT2D eigenvalue weighted by Crippen LogP contribution is 2.40. The highest BCUT2D eigenvalue weighted by Gasteiger charge is 2.46. The van der Waals surface area contributed by atoms with E-state index in [1.165, 1.54) is 0 Å². The van der Waals surface area contributed by atoms with Crippen LogP contribution in [-0.4, -0.2) is 86.0 Å². The van der Waals surface area contributed by atoms with Gasteiger partial charge in [-0.1, -0.05) is 0 Å². The van der Waals surface area contributed by atoms with E-state index >= 15 is 0 Å². The summed E-state index contributed by atoms with van der Waals surface area (Å²) in [6, 6.07) is 2.92. The number of H-pyrrole nitrogens is 1. The minimum Gasteiger partial charge on any atom is -0.381 e. The van der Waals surface area contributed by atoms with Crippen molar-refractivity contribution < 1.29 is 13.2 Å². The smallest absolute Gasteiger partial charge is 0.155 e. The first-order valence-electron chi connectivity index (χ1n) is 10.6. The van der Waals surface area contributed by atoms with Gasteiger partial charge in [0.15, 0.2) is 9.84 Å². The van der Waals surface area contributed by atoms with Gasteiger partial charge in [-0.25, -0.2) is 13.4 Å². The molecule has 9 heteroatoms. The Hall–Kier alpha value is -1.42. The largest absolute Gasteiger partial charge is 0.381 e. The zero-order chi connectivity index (χ0) is 20.2. The molecule has 0 radical (unpaired) electrons. The van der Waals surface area contributed by atoms with E-state index < -0.39 is 9.84 Å². The normalized spacial score (nSPS) is 35.0. The lowest BCUT2D eigenvalue weighted by Gasteiger charge is -2.50. The van der Waals surface area contributed by atoms with E-state index in [0.717, 1.165) is 37.1 Å². The first-order chi connectivity index (χ1) is 14.0. The first-order valence-corrected chi connectivity index (χ1v) is 12.3. The van der Waals surface area contributed by atoms with Crippen molar-refractivity contribution in [3.05, 3.63) is 17.8 Å². The van der Waals surface area contributed by atoms with Crippen molar-refractivity contribution in [2.24, 2.45) is 10.9 Å². The maximum Gasteiger partial charge on any atom is 0.155 e. The minimum atomic E-state index is -3.01. The Kier molecular flexibility index (Phi) is 4.97. The molecule has 3 heterocycles. The van der Waals surface area contributed by atoms with Crippen LogP contribution in [0.25, 0.3) is 0 Å². The number of aromatic amines is 1. The van der Waals surface area contributed by atoms with Gasteiger partial charge >= 0.3 is 0 Å². The number of rotatable bonds is 7. The van der Waals surface area contributed by atoms with Crippen molar-refractivity contribution >= 4 is 22.0 Å². The molecule has 3 fully saturated rings. The molecule has 2 aliphatic carbocycles. The number of hydrogen-bond donors (Lipinski definition) is 2. The molecule has 1 aromatic rings. The molecule has 0 amide bonds. The van der Waals surface area contributed by atoms with Gasteiger partial charge in [0.2, 0.25) is 0 Å². The van der Waals surface area contributed by atoms with E-state index in [-0.39, 0.29) is 17.3 Å². The Bertz CT molecular complexity index is 866. The Labute approximate surface area is 172 Å². The molecule has 2 N–H and O–H groups in total. The summed E-state index contributed by atoms with van der Waals surface area (Å²) in [5.74, 6) is 1.49. The third-order valence-corrected chi connectivity index (χ3v) is 9.60. The molecule has 29 heavy (non-hydrogen) atoms. The molecule has 0 spiro atoms. The summed E-state index contributed by atoms with van der Waals surface area (Å²) in [6.45, 7) is 1.41. The lowest BCUT2D eigenvalue weighted by molar-refractivity contribution is -0.0445. The van der Waals surface area contributed by atoms with Crippen molar-refractivity contribution in [2.45, 2.75) is 55.3 Å². The molecular formula is C20H31N5O3S. The van der Waals surface area contributed by atoms with Crippen LogP contribution >= 0.6 is 0 Å². The molecule has 1 atom stereocenters. The highest BCUT2D eigenvalue weighted by molar-refractivity contribution is 7.92. The quantitative estimate of drug-likeness (QED) is 0.689. The summed E-state index contributed by atoms with van der Waals surface area (Å²) in [5, 5.41) is 3.19. The Balaban J connectivity index is 1.11. The van der Waals surface area contributed by atoms with Crippen LogP contribution in [0.3, 0.4) is 0 Å². The van der Waals surface area contributed by atoms with E-state index in [9.17, 15) is 8.42 Å². The number of nitrogens with one attached hydrogen (secondary N) is 2. The maximum atomic E-state index is 12.8. The second-order valence-corrected chi connectivity index (χ2v) is 11.4. The SMILES string of the molecule is CNC1c2cc[nH]c2N=CN1C1CC(CS(=O)(=O)C2CN(C3CC(OC)C3)C2)C1. The molecule has 2 aliphatic heterocycles. The molecule has 1 saturated heterocycles.